The van der Waals surface area contributed by atoms with Gasteiger partial charge in [0.2, 0.25) is 0 Å². The second-order valence-corrected chi connectivity index (χ2v) is 19.5. The van der Waals surface area contributed by atoms with Crippen molar-refractivity contribution >= 4 is 55.5 Å². The van der Waals surface area contributed by atoms with Crippen LogP contribution in [0.1, 0.15) is 54.7 Å². The van der Waals surface area contributed by atoms with Gasteiger partial charge in [0.15, 0.2) is 5.82 Å². The molecular formula is C70H54N4O. The minimum atomic E-state index is 0.109. The summed E-state index contributed by atoms with van der Waals surface area (Å²) >= 11 is 0. The molecule has 0 spiro atoms. The zero-order valence-electron chi connectivity index (χ0n) is 41.7. The Morgan fingerprint density at radius 1 is 0.587 bits per heavy atom. The van der Waals surface area contributed by atoms with Crippen molar-refractivity contribution < 1.29 is 4.74 Å². The standard InChI is InChI=1S/C70H54N4O/c1-2-19-49-37-36-48-20-16-23-51(42-48)64-45-58(46-68-69(64)63-34-14-15-35-67(63)74(68)55-27-8-4-9-28-55)73(56-38-40-60(41-39-56)75-59-30-10-5-11-31-59)57-29-18-25-53(44-57)62-33-13-12-32-61(62)52-24-17-26-54(43-52)70-71-65(49)47-66(72-70)50-21-6-3-7-22-50/h2-16,18-19,21-25,27-38,40,42-48H,1,17,20,26,39,41H2/b37-36-,49-19+. The molecule has 4 aliphatic rings. The van der Waals surface area contributed by atoms with Crippen molar-refractivity contribution in [3.63, 3.8) is 0 Å². The molecule has 3 aliphatic carbocycles. The van der Waals surface area contributed by atoms with Crippen LogP contribution in [-0.4, -0.2) is 14.5 Å². The molecule has 5 heteroatoms. The van der Waals surface area contributed by atoms with Crippen molar-refractivity contribution in [2.45, 2.75) is 32.1 Å². The van der Waals surface area contributed by atoms with E-state index in [4.69, 9.17) is 14.7 Å². The van der Waals surface area contributed by atoms with Gasteiger partial charge >= 0.3 is 0 Å². The molecule has 1 aliphatic heterocycles. The maximum Gasteiger partial charge on any atom is 0.156 e. The van der Waals surface area contributed by atoms with Crippen molar-refractivity contribution in [3.8, 4) is 33.8 Å². The smallest absolute Gasteiger partial charge is 0.156 e. The van der Waals surface area contributed by atoms with E-state index in [-0.39, 0.29) is 5.92 Å². The molecule has 0 N–H and O–H groups in total. The molecular weight excluding hydrogens is 913 g/mol. The van der Waals surface area contributed by atoms with Gasteiger partial charge < -0.3 is 14.2 Å². The summed E-state index contributed by atoms with van der Waals surface area (Å²) in [5.41, 5.74) is 18.7. The van der Waals surface area contributed by atoms with Gasteiger partial charge in [0.25, 0.3) is 0 Å². The van der Waals surface area contributed by atoms with Crippen LogP contribution >= 0.6 is 0 Å². The van der Waals surface area contributed by atoms with E-state index in [0.29, 0.717) is 0 Å². The lowest BCUT2D eigenvalue weighted by atomic mass is 9.89. The third-order valence-corrected chi connectivity index (χ3v) is 14.8. The molecule has 0 amide bonds. The molecule has 0 radical (unpaired) electrons. The first-order chi connectivity index (χ1) is 37.1. The van der Waals surface area contributed by atoms with Gasteiger partial charge in [-0.05, 0) is 155 Å². The fourth-order valence-electron chi connectivity index (χ4n) is 11.3. The molecule has 1 atom stereocenters. The average molecular weight is 967 g/mol. The molecule has 5 nitrogen and oxygen atoms in total. The summed E-state index contributed by atoms with van der Waals surface area (Å²) in [4.78, 5) is 13.2. The number of hydrogen-bond donors (Lipinski definition) is 0. The van der Waals surface area contributed by atoms with Crippen molar-refractivity contribution in [1.29, 1.82) is 0 Å². The van der Waals surface area contributed by atoms with Gasteiger partial charge in [0.1, 0.15) is 11.5 Å². The molecule has 9 aromatic rings. The molecule has 0 fully saturated rings. The van der Waals surface area contributed by atoms with E-state index in [9.17, 15) is 0 Å². The first-order valence-electron chi connectivity index (χ1n) is 26.1. The number of para-hydroxylation sites is 3. The van der Waals surface area contributed by atoms with E-state index in [1.54, 1.807) is 0 Å². The molecule has 75 heavy (non-hydrogen) atoms. The lowest BCUT2D eigenvalue weighted by Gasteiger charge is -2.31. The van der Waals surface area contributed by atoms with Crippen molar-refractivity contribution in [2.75, 3.05) is 4.90 Å². The van der Waals surface area contributed by atoms with Crippen LogP contribution in [0.3, 0.4) is 0 Å². The second-order valence-electron chi connectivity index (χ2n) is 19.5. The predicted octanol–water partition coefficient (Wildman–Crippen LogP) is 18.0. The minimum Gasteiger partial charge on any atom is -0.462 e. The summed E-state index contributed by atoms with van der Waals surface area (Å²) in [5, 5.41) is 2.43. The van der Waals surface area contributed by atoms with E-state index in [1.165, 1.54) is 38.7 Å². The Balaban J connectivity index is 1.08. The van der Waals surface area contributed by atoms with Crippen LogP contribution in [0.2, 0.25) is 0 Å². The molecule has 1 unspecified atom stereocenters. The Labute approximate surface area is 438 Å². The minimum absolute atomic E-state index is 0.109. The maximum atomic E-state index is 6.46. The fourth-order valence-corrected chi connectivity index (χ4v) is 11.3. The fraction of sp³-hybridized carbons (Fsp3) is 0.0857. The van der Waals surface area contributed by atoms with Gasteiger partial charge in [-0.25, -0.2) is 9.97 Å². The highest BCUT2D eigenvalue weighted by atomic mass is 16.5. The van der Waals surface area contributed by atoms with E-state index >= 15 is 0 Å². The third-order valence-electron chi connectivity index (χ3n) is 14.8. The number of benzene rings is 7. The summed E-state index contributed by atoms with van der Waals surface area (Å²) in [6.45, 7) is 4.18. The van der Waals surface area contributed by atoms with Gasteiger partial charge in [0, 0.05) is 45.5 Å². The summed E-state index contributed by atoms with van der Waals surface area (Å²) in [6, 6.07) is 65.1. The van der Waals surface area contributed by atoms with Crippen LogP contribution in [0.5, 0.6) is 5.75 Å². The summed E-state index contributed by atoms with van der Waals surface area (Å²) in [7, 11) is 0. The predicted molar refractivity (Wildman–Crippen MR) is 312 cm³/mol. The van der Waals surface area contributed by atoms with Crippen LogP contribution < -0.4 is 9.64 Å². The van der Waals surface area contributed by atoms with E-state index in [2.05, 4.69) is 228 Å². The van der Waals surface area contributed by atoms with Crippen molar-refractivity contribution in [1.82, 2.24) is 14.5 Å². The molecule has 13 rings (SSSR count). The van der Waals surface area contributed by atoms with Gasteiger partial charge in [0.05, 0.1) is 22.4 Å². The highest BCUT2D eigenvalue weighted by Gasteiger charge is 2.26. The van der Waals surface area contributed by atoms with Gasteiger partial charge in [-0.1, -0.05) is 177 Å². The zero-order chi connectivity index (χ0) is 50.1. The van der Waals surface area contributed by atoms with E-state index < -0.39 is 0 Å². The molecule has 2 aromatic heterocycles. The molecule has 0 saturated heterocycles. The second kappa shape index (κ2) is 19.9. The molecule has 0 saturated carbocycles. The summed E-state index contributed by atoms with van der Waals surface area (Å²) < 4.78 is 8.91. The normalized spacial score (nSPS) is 17.2. The van der Waals surface area contributed by atoms with Gasteiger partial charge in [-0.15, -0.1) is 0 Å². The number of hydrogen-bond acceptors (Lipinski definition) is 4. The van der Waals surface area contributed by atoms with Gasteiger partial charge in [-0.2, -0.15) is 0 Å². The first kappa shape index (κ1) is 45.5. The molecule has 360 valence electrons. The van der Waals surface area contributed by atoms with Crippen LogP contribution in [0.25, 0.3) is 72.2 Å². The Bertz CT molecular complexity index is 3960. The SMILES string of the molecule is C=C/C=C1\C=C/C2C=C(C=CC2)c2cc(cc3c2c2ccccc2n3-c2ccccc2)N(C2=CC=C(Oc3ccccc3)CC2)c2cccc(c2)-c2ccccc2C2=CCCC(=C2)c2nc1cc(-c1ccccc1)n2. The third kappa shape index (κ3) is 8.93. The molecule has 3 heterocycles. The highest BCUT2D eigenvalue weighted by Crippen LogP contribution is 2.46. The Hall–Kier alpha value is -9.32. The highest BCUT2D eigenvalue weighted by molar-refractivity contribution is 6.16. The van der Waals surface area contributed by atoms with Crippen LogP contribution in [0.4, 0.5) is 11.4 Å². The topological polar surface area (TPSA) is 43.2 Å². The van der Waals surface area contributed by atoms with Crippen LogP contribution in [0, 0.1) is 5.92 Å². The van der Waals surface area contributed by atoms with Crippen molar-refractivity contribution in [3.05, 3.63) is 290 Å². The number of nitrogens with zero attached hydrogens (tertiary/aromatic N) is 4. The van der Waals surface area contributed by atoms with Crippen LogP contribution in [0.15, 0.2) is 267 Å². The number of rotatable bonds is 6. The Morgan fingerprint density at radius 3 is 2.16 bits per heavy atom. The Kier molecular flexibility index (Phi) is 12.1. The quantitative estimate of drug-likeness (QED) is 0.167. The number of allylic oxidation sites excluding steroid dienone is 17. The van der Waals surface area contributed by atoms with Crippen molar-refractivity contribution in [2.24, 2.45) is 5.92 Å². The monoisotopic (exact) mass is 966 g/mol. The zero-order valence-corrected chi connectivity index (χ0v) is 41.7. The van der Waals surface area contributed by atoms with Gasteiger partial charge in [-0.3, -0.25) is 0 Å². The number of fused-ring (bicyclic) bond motifs is 17. The average Bonchev–Trinajstić information content (AvgIpc) is 3.84. The number of anilines is 2. The summed E-state index contributed by atoms with van der Waals surface area (Å²) in [6.07, 6.45) is 28.9. The van der Waals surface area contributed by atoms with E-state index in [0.717, 1.165) is 117 Å². The molecule has 10 bridgehead atoms. The lowest BCUT2D eigenvalue weighted by Crippen LogP contribution is -2.19. The largest absolute Gasteiger partial charge is 0.462 e. The number of aromatic nitrogens is 3. The Morgan fingerprint density at radius 2 is 1.33 bits per heavy atom. The van der Waals surface area contributed by atoms with Crippen LogP contribution in [-0.2, 0) is 0 Å². The van der Waals surface area contributed by atoms with E-state index in [1.807, 2.05) is 36.4 Å². The number of ether oxygens (including phenoxy) is 1. The first-order valence-corrected chi connectivity index (χ1v) is 26.1. The summed E-state index contributed by atoms with van der Waals surface area (Å²) in [5.74, 6) is 2.64. The lowest BCUT2D eigenvalue weighted by molar-refractivity contribution is 0.400. The maximum absolute atomic E-state index is 6.46. The molecule has 7 aromatic carbocycles.